The summed E-state index contributed by atoms with van der Waals surface area (Å²) in [5.41, 5.74) is 0.609. The van der Waals surface area contributed by atoms with E-state index in [1.54, 1.807) is 11.3 Å². The van der Waals surface area contributed by atoms with E-state index < -0.39 is 11.6 Å². The van der Waals surface area contributed by atoms with Crippen LogP contribution >= 0.6 is 11.3 Å². The number of hydrogen-bond donors (Lipinski definition) is 0. The van der Waals surface area contributed by atoms with E-state index in [4.69, 9.17) is 0 Å². The molecule has 0 fully saturated rings. The third-order valence-electron chi connectivity index (χ3n) is 2.16. The van der Waals surface area contributed by atoms with E-state index >= 15 is 0 Å². The lowest BCUT2D eigenvalue weighted by atomic mass is 10.2. The molecule has 2 rings (SSSR count). The fourth-order valence-electron chi connectivity index (χ4n) is 1.42. The second-order valence-corrected chi connectivity index (χ2v) is 4.45. The summed E-state index contributed by atoms with van der Waals surface area (Å²) < 4.78 is 25.9. The zero-order valence-corrected chi connectivity index (χ0v) is 9.07. The fraction of sp³-hybridized carbons (Fsp3) is 0.167. The molecule has 0 bridgehead atoms. The summed E-state index contributed by atoms with van der Waals surface area (Å²) in [4.78, 5) is 2.12. The van der Waals surface area contributed by atoms with Crippen LogP contribution in [0.2, 0.25) is 0 Å². The van der Waals surface area contributed by atoms with Crippen LogP contribution in [0.5, 0.6) is 0 Å². The van der Waals surface area contributed by atoms with Crippen LogP contribution in [-0.4, -0.2) is 0 Å². The zero-order chi connectivity index (χ0) is 10.8. The van der Waals surface area contributed by atoms with E-state index in [2.05, 4.69) is 6.92 Å². The van der Waals surface area contributed by atoms with E-state index in [-0.39, 0.29) is 0 Å². The summed E-state index contributed by atoms with van der Waals surface area (Å²) in [6.45, 7) is 2.06. The zero-order valence-electron chi connectivity index (χ0n) is 8.26. The number of thiophene rings is 1. The highest BCUT2D eigenvalue weighted by Gasteiger charge is 2.05. The Bertz CT molecular complexity index is 454. The molecule has 0 aliphatic carbocycles. The molecule has 0 unspecified atom stereocenters. The van der Waals surface area contributed by atoms with Gasteiger partial charge in [0.25, 0.3) is 0 Å². The van der Waals surface area contributed by atoms with E-state index in [0.29, 0.717) is 5.56 Å². The molecule has 0 aliphatic rings. The largest absolute Gasteiger partial charge is 0.207 e. The summed E-state index contributed by atoms with van der Waals surface area (Å²) in [6, 6.07) is 7.49. The number of hydrogen-bond acceptors (Lipinski definition) is 1. The molecule has 0 spiro atoms. The van der Waals surface area contributed by atoms with Gasteiger partial charge in [-0.15, -0.1) is 11.3 Å². The lowest BCUT2D eigenvalue weighted by Crippen LogP contribution is -1.81. The minimum atomic E-state index is -0.531. The van der Waals surface area contributed by atoms with Crippen LogP contribution in [0.3, 0.4) is 0 Å². The smallest absolute Gasteiger partial charge is 0.126 e. The number of aryl methyl sites for hydroxylation is 1. The Morgan fingerprint density at radius 3 is 2.27 bits per heavy atom. The number of rotatable bonds is 2. The summed E-state index contributed by atoms with van der Waals surface area (Å²) in [6.07, 6.45) is 0.947. The molecule has 0 saturated carbocycles. The fourth-order valence-corrected chi connectivity index (χ4v) is 2.35. The first kappa shape index (κ1) is 10.3. The highest BCUT2D eigenvalue weighted by Crippen LogP contribution is 2.29. The van der Waals surface area contributed by atoms with Crippen molar-refractivity contribution >= 4 is 11.3 Å². The van der Waals surface area contributed by atoms with Gasteiger partial charge in [-0.25, -0.2) is 8.78 Å². The van der Waals surface area contributed by atoms with Gasteiger partial charge in [0.1, 0.15) is 11.6 Å². The van der Waals surface area contributed by atoms with Crippen LogP contribution in [0.4, 0.5) is 8.78 Å². The van der Waals surface area contributed by atoms with Crippen molar-refractivity contribution in [3.8, 4) is 10.4 Å². The monoisotopic (exact) mass is 224 g/mol. The van der Waals surface area contributed by atoms with Gasteiger partial charge in [-0.05, 0) is 36.2 Å². The van der Waals surface area contributed by atoms with Crippen LogP contribution in [0, 0.1) is 11.6 Å². The van der Waals surface area contributed by atoms with Crippen LogP contribution in [0.1, 0.15) is 11.8 Å². The van der Waals surface area contributed by atoms with Crippen LogP contribution in [0.25, 0.3) is 10.4 Å². The van der Waals surface area contributed by atoms with Crippen molar-refractivity contribution < 1.29 is 8.78 Å². The molecule has 1 aromatic carbocycles. The second-order valence-electron chi connectivity index (χ2n) is 3.28. The third kappa shape index (κ3) is 2.23. The van der Waals surface area contributed by atoms with Gasteiger partial charge in [0.2, 0.25) is 0 Å². The standard InChI is InChI=1S/C12H10F2S/c1-2-11-3-4-12(15-11)8-5-9(13)7-10(14)6-8/h3-7H,2H2,1H3. The summed E-state index contributed by atoms with van der Waals surface area (Å²) in [5.74, 6) is -1.06. The quantitative estimate of drug-likeness (QED) is 0.715. The highest BCUT2D eigenvalue weighted by atomic mass is 32.1. The molecule has 78 valence electrons. The topological polar surface area (TPSA) is 0 Å². The first-order valence-corrected chi connectivity index (χ1v) is 5.56. The molecular weight excluding hydrogens is 214 g/mol. The van der Waals surface area contributed by atoms with Gasteiger partial charge in [0.15, 0.2) is 0 Å². The average Bonchev–Trinajstić information content (AvgIpc) is 2.64. The first-order valence-electron chi connectivity index (χ1n) is 4.74. The Morgan fingerprint density at radius 2 is 1.73 bits per heavy atom. The molecule has 2 aromatic rings. The van der Waals surface area contributed by atoms with Crippen LogP contribution < -0.4 is 0 Å². The van der Waals surface area contributed by atoms with Gasteiger partial charge < -0.3 is 0 Å². The average molecular weight is 224 g/mol. The minimum absolute atomic E-state index is 0.531. The van der Waals surface area contributed by atoms with Crippen molar-refractivity contribution in [3.63, 3.8) is 0 Å². The Kier molecular flexibility index (Phi) is 2.82. The Labute approximate surface area is 91.2 Å². The van der Waals surface area contributed by atoms with Crippen molar-refractivity contribution in [3.05, 3.63) is 46.8 Å². The minimum Gasteiger partial charge on any atom is -0.207 e. The van der Waals surface area contributed by atoms with Crippen molar-refractivity contribution in [2.75, 3.05) is 0 Å². The molecular formula is C12H10F2S. The van der Waals surface area contributed by atoms with Gasteiger partial charge >= 0.3 is 0 Å². The van der Waals surface area contributed by atoms with Gasteiger partial charge in [0, 0.05) is 15.8 Å². The molecule has 0 nitrogen and oxygen atoms in total. The van der Waals surface area contributed by atoms with Crippen molar-refractivity contribution in [1.82, 2.24) is 0 Å². The molecule has 0 saturated heterocycles. The van der Waals surface area contributed by atoms with Crippen molar-refractivity contribution in [1.29, 1.82) is 0 Å². The van der Waals surface area contributed by atoms with E-state index in [1.165, 1.54) is 17.0 Å². The molecule has 0 radical (unpaired) electrons. The first-order chi connectivity index (χ1) is 7.19. The lowest BCUT2D eigenvalue weighted by Gasteiger charge is -1.98. The van der Waals surface area contributed by atoms with Gasteiger partial charge in [-0.2, -0.15) is 0 Å². The molecule has 3 heteroatoms. The molecule has 1 aromatic heterocycles. The van der Waals surface area contributed by atoms with E-state index in [9.17, 15) is 8.78 Å². The maximum absolute atomic E-state index is 13.0. The second kappa shape index (κ2) is 4.11. The van der Waals surface area contributed by atoms with E-state index in [0.717, 1.165) is 17.4 Å². The predicted octanol–water partition coefficient (Wildman–Crippen LogP) is 4.26. The third-order valence-corrected chi connectivity index (χ3v) is 3.44. The normalized spacial score (nSPS) is 10.6. The van der Waals surface area contributed by atoms with Gasteiger partial charge in [-0.3, -0.25) is 0 Å². The molecule has 15 heavy (non-hydrogen) atoms. The van der Waals surface area contributed by atoms with Crippen LogP contribution in [0.15, 0.2) is 30.3 Å². The Hall–Kier alpha value is -1.22. The van der Waals surface area contributed by atoms with Crippen molar-refractivity contribution in [2.24, 2.45) is 0 Å². The molecule has 0 atom stereocenters. The maximum atomic E-state index is 13.0. The van der Waals surface area contributed by atoms with Crippen molar-refractivity contribution in [2.45, 2.75) is 13.3 Å². The molecule has 0 amide bonds. The number of halogens is 2. The number of benzene rings is 1. The molecule has 0 N–H and O–H groups in total. The predicted molar refractivity (Wildman–Crippen MR) is 59.0 cm³/mol. The SMILES string of the molecule is CCc1ccc(-c2cc(F)cc(F)c2)s1. The Balaban J connectivity index is 2.44. The highest BCUT2D eigenvalue weighted by molar-refractivity contribution is 7.15. The lowest BCUT2D eigenvalue weighted by molar-refractivity contribution is 0.584. The molecule has 0 aliphatic heterocycles. The summed E-state index contributed by atoms with van der Waals surface area (Å²) in [7, 11) is 0. The van der Waals surface area contributed by atoms with Crippen LogP contribution in [-0.2, 0) is 6.42 Å². The van der Waals surface area contributed by atoms with Gasteiger partial charge in [-0.1, -0.05) is 6.92 Å². The summed E-state index contributed by atoms with van der Waals surface area (Å²) in [5, 5.41) is 0. The Morgan fingerprint density at radius 1 is 1.07 bits per heavy atom. The van der Waals surface area contributed by atoms with Gasteiger partial charge in [0.05, 0.1) is 0 Å². The maximum Gasteiger partial charge on any atom is 0.126 e. The van der Waals surface area contributed by atoms with E-state index in [1.807, 2.05) is 12.1 Å². The molecule has 1 heterocycles. The summed E-state index contributed by atoms with van der Waals surface area (Å²) >= 11 is 1.57.